The monoisotopic (exact) mass is 363 g/mol. The van der Waals surface area contributed by atoms with Crippen molar-refractivity contribution in [2.24, 2.45) is 0 Å². The number of likely N-dealkylation sites (N-methyl/N-ethyl adjacent to an activating group) is 2. The van der Waals surface area contributed by atoms with Crippen molar-refractivity contribution in [3.8, 4) is 0 Å². The summed E-state index contributed by atoms with van der Waals surface area (Å²) in [6.45, 7) is 3.87. The fraction of sp³-hybridized carbons (Fsp3) is 0.650. The number of hydrogen-bond donors (Lipinski definition) is 1. The van der Waals surface area contributed by atoms with Crippen molar-refractivity contribution >= 4 is 17.5 Å². The van der Waals surface area contributed by atoms with Crippen molar-refractivity contribution in [3.05, 3.63) is 34.9 Å². The van der Waals surface area contributed by atoms with E-state index in [2.05, 4.69) is 29.2 Å². The van der Waals surface area contributed by atoms with Crippen molar-refractivity contribution in [2.45, 2.75) is 43.6 Å². The summed E-state index contributed by atoms with van der Waals surface area (Å²) in [7, 11) is 4.30. The maximum Gasteiger partial charge on any atom is 0.230 e. The van der Waals surface area contributed by atoms with Crippen LogP contribution in [0.5, 0.6) is 0 Å². The molecule has 25 heavy (non-hydrogen) atoms. The molecule has 1 N–H and O–H groups in total. The van der Waals surface area contributed by atoms with Crippen LogP contribution in [-0.4, -0.2) is 62.0 Å². The van der Waals surface area contributed by atoms with Crippen LogP contribution in [-0.2, 0) is 10.2 Å². The highest BCUT2D eigenvalue weighted by Crippen LogP contribution is 2.40. The maximum atomic E-state index is 13.3. The predicted molar refractivity (Wildman–Crippen MR) is 103 cm³/mol. The van der Waals surface area contributed by atoms with Gasteiger partial charge in [0.05, 0.1) is 5.41 Å². The molecular formula is C20H30ClN3O. The third kappa shape index (κ3) is 4.18. The zero-order valence-electron chi connectivity index (χ0n) is 15.4. The largest absolute Gasteiger partial charge is 0.354 e. The standard InChI is InChI=1S/C20H30ClN3O/c1-23-12-13-24(2)18(15-23)14-22-19(25)20(10-4-3-5-11-20)16-6-8-17(21)9-7-16/h6-9,18H,3-5,10-15H2,1-2H3,(H,22,25). The zero-order valence-corrected chi connectivity index (χ0v) is 16.2. The zero-order chi connectivity index (χ0) is 17.9. The van der Waals surface area contributed by atoms with E-state index in [1.165, 1.54) is 6.42 Å². The second-order valence-electron chi connectivity index (χ2n) is 7.76. The van der Waals surface area contributed by atoms with Crippen molar-refractivity contribution in [3.63, 3.8) is 0 Å². The molecule has 1 aromatic rings. The van der Waals surface area contributed by atoms with Gasteiger partial charge in [0.15, 0.2) is 0 Å². The van der Waals surface area contributed by atoms with Crippen LogP contribution in [0.25, 0.3) is 0 Å². The van der Waals surface area contributed by atoms with Crippen LogP contribution in [0.1, 0.15) is 37.7 Å². The lowest BCUT2D eigenvalue weighted by Crippen LogP contribution is -2.56. The normalized spacial score (nSPS) is 24.8. The highest BCUT2D eigenvalue weighted by Gasteiger charge is 2.41. The molecule has 1 saturated heterocycles. The minimum atomic E-state index is -0.387. The van der Waals surface area contributed by atoms with Gasteiger partial charge >= 0.3 is 0 Å². The number of hydrogen-bond acceptors (Lipinski definition) is 3. The van der Waals surface area contributed by atoms with Gasteiger partial charge in [-0.25, -0.2) is 0 Å². The van der Waals surface area contributed by atoms with Gasteiger partial charge in [0, 0.05) is 37.2 Å². The fourth-order valence-electron chi connectivity index (χ4n) is 4.27. The molecule has 4 nitrogen and oxygen atoms in total. The molecule has 3 rings (SSSR count). The Bertz CT molecular complexity index is 583. The lowest BCUT2D eigenvalue weighted by molar-refractivity contribution is -0.128. The number of nitrogens with one attached hydrogen (secondary N) is 1. The first kappa shape index (κ1) is 18.7. The van der Waals surface area contributed by atoms with E-state index in [1.54, 1.807) is 0 Å². The molecule has 1 heterocycles. The summed E-state index contributed by atoms with van der Waals surface area (Å²) in [5.74, 6) is 0.191. The van der Waals surface area contributed by atoms with Crippen LogP contribution >= 0.6 is 11.6 Å². The Morgan fingerprint density at radius 3 is 2.52 bits per heavy atom. The Balaban J connectivity index is 1.72. The van der Waals surface area contributed by atoms with E-state index >= 15 is 0 Å². The third-order valence-electron chi connectivity index (χ3n) is 6.02. The number of carbonyl (C=O) groups excluding carboxylic acids is 1. The fourth-order valence-corrected chi connectivity index (χ4v) is 4.40. The van der Waals surface area contributed by atoms with Crippen molar-refractivity contribution < 1.29 is 4.79 Å². The summed E-state index contributed by atoms with van der Waals surface area (Å²) in [5.41, 5.74) is 0.727. The number of benzene rings is 1. The molecule has 1 amide bonds. The lowest BCUT2D eigenvalue weighted by Gasteiger charge is -2.40. The Hall–Kier alpha value is -1.10. The topological polar surface area (TPSA) is 35.6 Å². The summed E-state index contributed by atoms with van der Waals surface area (Å²) < 4.78 is 0. The van der Waals surface area contributed by atoms with E-state index < -0.39 is 0 Å². The van der Waals surface area contributed by atoms with Crippen LogP contribution < -0.4 is 5.32 Å². The van der Waals surface area contributed by atoms with E-state index in [0.717, 1.165) is 62.4 Å². The number of halogens is 1. The number of piperazine rings is 1. The van der Waals surface area contributed by atoms with Gasteiger partial charge in [0.25, 0.3) is 0 Å². The molecular weight excluding hydrogens is 334 g/mol. The molecule has 1 atom stereocenters. The molecule has 1 saturated carbocycles. The number of nitrogens with zero attached hydrogens (tertiary/aromatic N) is 2. The molecule has 5 heteroatoms. The molecule has 0 spiro atoms. The van der Waals surface area contributed by atoms with Gasteiger partial charge in [-0.1, -0.05) is 43.0 Å². The van der Waals surface area contributed by atoms with E-state index in [9.17, 15) is 4.79 Å². The van der Waals surface area contributed by atoms with Crippen LogP contribution in [0.3, 0.4) is 0 Å². The van der Waals surface area contributed by atoms with Crippen molar-refractivity contribution in [2.75, 3.05) is 40.3 Å². The number of rotatable bonds is 4. The molecule has 2 aliphatic rings. The number of amides is 1. The average Bonchev–Trinajstić information content (AvgIpc) is 2.63. The summed E-state index contributed by atoms with van der Waals surface area (Å²) in [4.78, 5) is 18.0. The SMILES string of the molecule is CN1CCN(C)C(CNC(=O)C2(c3ccc(Cl)cc3)CCCCC2)C1. The van der Waals surface area contributed by atoms with Gasteiger partial charge < -0.3 is 10.2 Å². The molecule has 0 radical (unpaired) electrons. The summed E-state index contributed by atoms with van der Waals surface area (Å²) in [6, 6.07) is 8.27. The Morgan fingerprint density at radius 2 is 1.84 bits per heavy atom. The number of carbonyl (C=O) groups is 1. The lowest BCUT2D eigenvalue weighted by atomic mass is 9.68. The predicted octanol–water partition coefficient (Wildman–Crippen LogP) is 2.90. The maximum absolute atomic E-state index is 13.3. The second kappa shape index (κ2) is 8.07. The van der Waals surface area contributed by atoms with Crippen molar-refractivity contribution in [1.29, 1.82) is 0 Å². The highest BCUT2D eigenvalue weighted by molar-refractivity contribution is 6.30. The first-order valence-corrected chi connectivity index (χ1v) is 9.82. The first-order valence-electron chi connectivity index (χ1n) is 9.44. The van der Waals surface area contributed by atoms with Gasteiger partial charge in [-0.05, 0) is 44.6 Å². The van der Waals surface area contributed by atoms with Gasteiger partial charge in [-0.3, -0.25) is 9.69 Å². The quantitative estimate of drug-likeness (QED) is 0.893. The first-order chi connectivity index (χ1) is 12.0. The van der Waals surface area contributed by atoms with E-state index in [-0.39, 0.29) is 11.3 Å². The molecule has 1 aromatic carbocycles. The second-order valence-corrected chi connectivity index (χ2v) is 8.19. The third-order valence-corrected chi connectivity index (χ3v) is 6.27. The Morgan fingerprint density at radius 1 is 1.16 bits per heavy atom. The smallest absolute Gasteiger partial charge is 0.230 e. The van der Waals surface area contributed by atoms with E-state index in [4.69, 9.17) is 11.6 Å². The molecule has 0 aromatic heterocycles. The molecule has 2 fully saturated rings. The molecule has 1 unspecified atom stereocenters. The Kier molecular flexibility index (Phi) is 6.03. The molecule has 1 aliphatic heterocycles. The van der Waals surface area contributed by atoms with Crippen LogP contribution in [0.4, 0.5) is 0 Å². The van der Waals surface area contributed by atoms with Gasteiger partial charge in [-0.15, -0.1) is 0 Å². The summed E-state index contributed by atoms with van der Waals surface area (Å²) >= 11 is 6.06. The molecule has 1 aliphatic carbocycles. The molecule has 138 valence electrons. The average molecular weight is 364 g/mol. The van der Waals surface area contributed by atoms with Crippen LogP contribution in [0, 0.1) is 0 Å². The Labute approximate surface area is 156 Å². The minimum absolute atomic E-state index is 0.191. The minimum Gasteiger partial charge on any atom is -0.354 e. The molecule has 0 bridgehead atoms. The highest BCUT2D eigenvalue weighted by atomic mass is 35.5. The van der Waals surface area contributed by atoms with E-state index in [0.29, 0.717) is 6.04 Å². The van der Waals surface area contributed by atoms with E-state index in [1.807, 2.05) is 24.3 Å². The van der Waals surface area contributed by atoms with Gasteiger partial charge in [0.2, 0.25) is 5.91 Å². The van der Waals surface area contributed by atoms with Crippen LogP contribution in [0.2, 0.25) is 5.02 Å². The summed E-state index contributed by atoms with van der Waals surface area (Å²) in [6.07, 6.45) is 5.31. The van der Waals surface area contributed by atoms with Gasteiger partial charge in [-0.2, -0.15) is 0 Å². The van der Waals surface area contributed by atoms with Crippen LogP contribution in [0.15, 0.2) is 24.3 Å². The van der Waals surface area contributed by atoms with Crippen molar-refractivity contribution in [1.82, 2.24) is 15.1 Å². The summed E-state index contributed by atoms with van der Waals surface area (Å²) in [5, 5.41) is 4.01. The van der Waals surface area contributed by atoms with Gasteiger partial charge in [0.1, 0.15) is 0 Å².